The predicted octanol–water partition coefficient (Wildman–Crippen LogP) is 1.19. The van der Waals surface area contributed by atoms with Gasteiger partial charge in [0.2, 0.25) is 0 Å². The number of rotatable bonds is 1. The standard InChI is InChI=1S/C10H9ClN2O3S2/c11-3-7-12-9(14)8-5-1-2-18(15,16)4-6(5)17-10(8)13-7/h1-4H2,(H,12,13,14). The van der Waals surface area contributed by atoms with Crippen molar-refractivity contribution in [3.63, 3.8) is 0 Å². The molecule has 0 bridgehead atoms. The minimum absolute atomic E-state index is 0.0129. The van der Waals surface area contributed by atoms with Crippen molar-refractivity contribution in [2.24, 2.45) is 0 Å². The molecule has 1 aliphatic rings. The molecule has 0 saturated heterocycles. The van der Waals surface area contributed by atoms with Gasteiger partial charge in [0.15, 0.2) is 9.84 Å². The lowest BCUT2D eigenvalue weighted by molar-refractivity contribution is 0.592. The zero-order valence-electron chi connectivity index (χ0n) is 9.19. The summed E-state index contributed by atoms with van der Waals surface area (Å²) in [5, 5.41) is 0.527. The minimum atomic E-state index is -3.03. The number of aromatic amines is 1. The molecule has 0 atom stereocenters. The first-order valence-electron chi connectivity index (χ1n) is 5.30. The fourth-order valence-corrected chi connectivity index (χ4v) is 5.30. The zero-order chi connectivity index (χ0) is 12.9. The number of hydrogen-bond acceptors (Lipinski definition) is 5. The highest BCUT2D eigenvalue weighted by molar-refractivity contribution is 7.90. The molecule has 1 aliphatic heterocycles. The van der Waals surface area contributed by atoms with Crippen LogP contribution in [0.2, 0.25) is 0 Å². The number of thiophene rings is 1. The Labute approximate surface area is 112 Å². The monoisotopic (exact) mass is 304 g/mol. The maximum absolute atomic E-state index is 12.0. The van der Waals surface area contributed by atoms with Gasteiger partial charge in [0.05, 0.1) is 22.8 Å². The van der Waals surface area contributed by atoms with Crippen LogP contribution in [-0.4, -0.2) is 24.1 Å². The number of hydrogen-bond donors (Lipinski definition) is 1. The number of alkyl halides is 1. The Balaban J connectivity index is 2.31. The SMILES string of the molecule is O=c1[nH]c(CCl)nc2sc3c(c12)CCS(=O)(=O)C3. The topological polar surface area (TPSA) is 79.9 Å². The Morgan fingerprint density at radius 3 is 2.94 bits per heavy atom. The third-order valence-corrected chi connectivity index (χ3v) is 6.05. The predicted molar refractivity (Wildman–Crippen MR) is 71.0 cm³/mol. The van der Waals surface area contributed by atoms with Crippen LogP contribution in [0.15, 0.2) is 4.79 Å². The molecule has 3 rings (SSSR count). The van der Waals surface area contributed by atoms with Crippen LogP contribution in [0.4, 0.5) is 0 Å². The Kier molecular flexibility index (Phi) is 2.72. The van der Waals surface area contributed by atoms with E-state index in [1.54, 1.807) is 0 Å². The van der Waals surface area contributed by atoms with E-state index in [-0.39, 0.29) is 22.9 Å². The molecule has 0 amide bonds. The van der Waals surface area contributed by atoms with E-state index < -0.39 is 9.84 Å². The average Bonchev–Trinajstić information content (AvgIpc) is 2.64. The molecule has 0 fully saturated rings. The van der Waals surface area contributed by atoms with Gasteiger partial charge in [-0.2, -0.15) is 0 Å². The van der Waals surface area contributed by atoms with E-state index >= 15 is 0 Å². The molecule has 0 spiro atoms. The highest BCUT2D eigenvalue weighted by Gasteiger charge is 2.27. The Hall–Kier alpha value is -0.920. The molecule has 1 N–H and O–H groups in total. The summed E-state index contributed by atoms with van der Waals surface area (Å²) in [5.41, 5.74) is 0.604. The first-order valence-corrected chi connectivity index (χ1v) is 8.47. The van der Waals surface area contributed by atoms with E-state index in [0.717, 1.165) is 10.4 Å². The fraction of sp³-hybridized carbons (Fsp3) is 0.400. The number of nitrogens with zero attached hydrogens (tertiary/aromatic N) is 1. The van der Waals surface area contributed by atoms with Gasteiger partial charge >= 0.3 is 0 Å². The maximum atomic E-state index is 12.0. The number of nitrogens with one attached hydrogen (secondary N) is 1. The second-order valence-corrected chi connectivity index (χ2v) is 7.71. The Morgan fingerprint density at radius 2 is 2.22 bits per heavy atom. The number of sulfone groups is 1. The largest absolute Gasteiger partial charge is 0.309 e. The molecule has 2 aromatic heterocycles. The molecular weight excluding hydrogens is 296 g/mol. The van der Waals surface area contributed by atoms with Crippen molar-refractivity contribution in [2.45, 2.75) is 18.1 Å². The summed E-state index contributed by atoms with van der Waals surface area (Å²) in [7, 11) is -3.03. The van der Waals surface area contributed by atoms with E-state index in [1.807, 2.05) is 0 Å². The van der Waals surface area contributed by atoms with Crippen LogP contribution >= 0.6 is 22.9 Å². The Bertz CT molecular complexity index is 791. The van der Waals surface area contributed by atoms with Crippen molar-refractivity contribution in [1.29, 1.82) is 0 Å². The van der Waals surface area contributed by atoms with Crippen molar-refractivity contribution in [1.82, 2.24) is 9.97 Å². The second kappa shape index (κ2) is 4.04. The molecule has 0 radical (unpaired) electrons. The van der Waals surface area contributed by atoms with Crippen LogP contribution in [0.25, 0.3) is 10.2 Å². The minimum Gasteiger partial charge on any atom is -0.309 e. The van der Waals surface area contributed by atoms with Crippen molar-refractivity contribution in [2.75, 3.05) is 5.75 Å². The van der Waals surface area contributed by atoms with Crippen molar-refractivity contribution in [3.8, 4) is 0 Å². The van der Waals surface area contributed by atoms with Gasteiger partial charge in [0, 0.05) is 4.88 Å². The van der Waals surface area contributed by atoms with Gasteiger partial charge in [0.1, 0.15) is 10.7 Å². The summed E-state index contributed by atoms with van der Waals surface area (Å²) in [6.07, 6.45) is 0.392. The molecule has 18 heavy (non-hydrogen) atoms. The lowest BCUT2D eigenvalue weighted by atomic mass is 10.1. The second-order valence-electron chi connectivity index (χ2n) is 4.17. The summed E-state index contributed by atoms with van der Waals surface area (Å²) in [6.45, 7) is 0. The molecule has 3 heterocycles. The molecule has 2 aromatic rings. The number of aryl methyl sites for hydroxylation is 1. The zero-order valence-corrected chi connectivity index (χ0v) is 11.6. The van der Waals surface area contributed by atoms with Crippen molar-refractivity contribution in [3.05, 3.63) is 26.6 Å². The highest BCUT2D eigenvalue weighted by atomic mass is 35.5. The third-order valence-electron chi connectivity index (χ3n) is 2.93. The van der Waals surface area contributed by atoms with Crippen molar-refractivity contribution >= 4 is 43.0 Å². The lowest BCUT2D eigenvalue weighted by Gasteiger charge is -2.11. The fourth-order valence-electron chi connectivity index (χ4n) is 2.13. The van der Waals surface area contributed by atoms with Gasteiger partial charge in [-0.3, -0.25) is 4.79 Å². The first-order chi connectivity index (χ1) is 8.50. The number of halogens is 1. The van der Waals surface area contributed by atoms with E-state index in [4.69, 9.17) is 11.6 Å². The van der Waals surface area contributed by atoms with Crippen molar-refractivity contribution < 1.29 is 8.42 Å². The summed E-state index contributed by atoms with van der Waals surface area (Å²) >= 11 is 6.92. The highest BCUT2D eigenvalue weighted by Crippen LogP contribution is 2.33. The van der Waals surface area contributed by atoms with E-state index in [9.17, 15) is 13.2 Å². The summed E-state index contributed by atoms with van der Waals surface area (Å²) in [4.78, 5) is 20.1. The average molecular weight is 305 g/mol. The van der Waals surface area contributed by atoms with Crippen LogP contribution in [0, 0.1) is 0 Å². The molecule has 8 heteroatoms. The van der Waals surface area contributed by atoms with Gasteiger partial charge in [-0.05, 0) is 12.0 Å². The van der Waals surface area contributed by atoms with Gasteiger partial charge in [-0.15, -0.1) is 22.9 Å². The summed E-state index contributed by atoms with van der Waals surface area (Å²) < 4.78 is 23.2. The van der Waals surface area contributed by atoms with Gasteiger partial charge in [0.25, 0.3) is 5.56 Å². The van der Waals surface area contributed by atoms with Crippen LogP contribution < -0.4 is 5.56 Å². The van der Waals surface area contributed by atoms with Crippen LogP contribution in [-0.2, 0) is 27.9 Å². The Morgan fingerprint density at radius 1 is 1.44 bits per heavy atom. The molecule has 0 aliphatic carbocycles. The number of fused-ring (bicyclic) bond motifs is 3. The van der Waals surface area contributed by atoms with E-state index in [2.05, 4.69) is 9.97 Å². The van der Waals surface area contributed by atoms with Crippen LogP contribution in [0.1, 0.15) is 16.3 Å². The lowest BCUT2D eigenvalue weighted by Crippen LogP contribution is -2.19. The molecule has 0 aromatic carbocycles. The van der Waals surface area contributed by atoms with Crippen LogP contribution in [0.3, 0.4) is 0 Å². The smallest absolute Gasteiger partial charge is 0.259 e. The maximum Gasteiger partial charge on any atom is 0.259 e. The van der Waals surface area contributed by atoms with E-state index in [1.165, 1.54) is 11.3 Å². The first kappa shape index (κ1) is 12.1. The van der Waals surface area contributed by atoms with Gasteiger partial charge < -0.3 is 4.98 Å². The summed E-state index contributed by atoms with van der Waals surface area (Å²) in [5.74, 6) is 0.656. The molecule has 5 nitrogen and oxygen atoms in total. The van der Waals surface area contributed by atoms with Gasteiger partial charge in [-0.1, -0.05) is 0 Å². The quantitative estimate of drug-likeness (QED) is 0.803. The molecular formula is C10H9ClN2O3S2. The van der Waals surface area contributed by atoms with Crippen LogP contribution in [0.5, 0.6) is 0 Å². The molecule has 0 saturated carbocycles. The number of aromatic nitrogens is 2. The third kappa shape index (κ3) is 1.86. The molecule has 0 unspecified atom stereocenters. The molecule has 96 valence electrons. The van der Waals surface area contributed by atoms with Gasteiger partial charge in [-0.25, -0.2) is 13.4 Å². The van der Waals surface area contributed by atoms with E-state index in [0.29, 0.717) is 22.5 Å². The number of H-pyrrole nitrogens is 1. The normalized spacial score (nSPS) is 17.8. The summed E-state index contributed by atoms with van der Waals surface area (Å²) in [6, 6.07) is 0.